The summed E-state index contributed by atoms with van der Waals surface area (Å²) in [5.74, 6) is -1.16. The first-order valence-electron chi connectivity index (χ1n) is 8.86. The van der Waals surface area contributed by atoms with Crippen molar-refractivity contribution < 1.29 is 36.6 Å². The van der Waals surface area contributed by atoms with E-state index in [0.29, 0.717) is 32.0 Å². The zero-order valence-electron chi connectivity index (χ0n) is 14.7. The lowest BCUT2D eigenvalue weighted by molar-refractivity contribution is -0.155. The highest BCUT2D eigenvalue weighted by molar-refractivity contribution is 5.82. The molecule has 1 N–H and O–H groups in total. The summed E-state index contributed by atoms with van der Waals surface area (Å²) >= 11 is 0. The first-order valence-corrected chi connectivity index (χ1v) is 8.86. The number of hydrogen-bond acceptors (Lipinski definition) is 4. The number of likely N-dealkylation sites (tertiary alicyclic amines) is 1. The fourth-order valence-corrected chi connectivity index (χ4v) is 3.80. The van der Waals surface area contributed by atoms with Crippen molar-refractivity contribution in [1.82, 2.24) is 10.2 Å². The van der Waals surface area contributed by atoms with Gasteiger partial charge in [0.1, 0.15) is 12.4 Å². The third-order valence-electron chi connectivity index (χ3n) is 5.48. The van der Waals surface area contributed by atoms with Crippen molar-refractivity contribution in [3.8, 4) is 0 Å². The van der Waals surface area contributed by atoms with Crippen LogP contribution in [-0.2, 0) is 27.1 Å². The summed E-state index contributed by atoms with van der Waals surface area (Å²) in [4.78, 5) is 25.1. The molecule has 1 aromatic carbocycles. The topological polar surface area (TPSA) is 67.9 Å². The molecule has 3 fully saturated rings. The van der Waals surface area contributed by atoms with Crippen LogP contribution in [0.3, 0.4) is 0 Å². The van der Waals surface area contributed by atoms with Crippen LogP contribution in [0.25, 0.3) is 0 Å². The van der Waals surface area contributed by atoms with Crippen molar-refractivity contribution >= 4 is 12.0 Å². The number of rotatable bonds is 4. The molecule has 0 bridgehead atoms. The number of halogens is 4. The van der Waals surface area contributed by atoms with Crippen molar-refractivity contribution in [3.63, 3.8) is 0 Å². The number of nitrogens with zero attached hydrogens (tertiary/aromatic N) is 1. The molecular weight excluding hydrogens is 384 g/mol. The monoisotopic (exact) mass is 402 g/mol. The van der Waals surface area contributed by atoms with Crippen molar-refractivity contribution in [3.05, 3.63) is 35.1 Å². The van der Waals surface area contributed by atoms with Gasteiger partial charge in [0.2, 0.25) is 5.91 Å². The average Bonchev–Trinajstić information content (AvgIpc) is 2.94. The van der Waals surface area contributed by atoms with Gasteiger partial charge in [-0.15, -0.1) is 0 Å². The molecule has 4 rings (SSSR count). The average molecular weight is 402 g/mol. The van der Waals surface area contributed by atoms with Crippen LogP contribution in [0.5, 0.6) is 0 Å². The Morgan fingerprint density at radius 3 is 2.61 bits per heavy atom. The van der Waals surface area contributed by atoms with E-state index in [-0.39, 0.29) is 36.7 Å². The van der Waals surface area contributed by atoms with Gasteiger partial charge in [0.05, 0.1) is 23.8 Å². The fourth-order valence-electron chi connectivity index (χ4n) is 3.80. The van der Waals surface area contributed by atoms with Crippen molar-refractivity contribution in [2.24, 2.45) is 5.92 Å². The van der Waals surface area contributed by atoms with Crippen LogP contribution in [0.15, 0.2) is 18.2 Å². The number of cyclic esters (lactones) is 1. The molecule has 1 aliphatic carbocycles. The van der Waals surface area contributed by atoms with Gasteiger partial charge in [0, 0.05) is 24.6 Å². The SMILES string of the molecule is O=C1N[C@]2(CO1)C[C@H](C(=O)N1CC(OCc3ccc(C(F)(F)F)cc3F)C1)C2. The highest BCUT2D eigenvalue weighted by Crippen LogP contribution is 2.42. The zero-order valence-corrected chi connectivity index (χ0v) is 14.7. The molecule has 28 heavy (non-hydrogen) atoms. The van der Waals surface area contributed by atoms with E-state index < -0.39 is 29.2 Å². The van der Waals surface area contributed by atoms with Gasteiger partial charge in [0.25, 0.3) is 0 Å². The van der Waals surface area contributed by atoms with Crippen molar-refractivity contribution in [2.45, 2.75) is 37.3 Å². The van der Waals surface area contributed by atoms with Gasteiger partial charge in [-0.3, -0.25) is 4.79 Å². The number of carbonyl (C=O) groups is 2. The minimum atomic E-state index is -4.59. The molecule has 3 aliphatic rings. The number of alkyl halides is 3. The van der Waals surface area contributed by atoms with E-state index in [1.54, 1.807) is 4.90 Å². The van der Waals surface area contributed by atoms with E-state index in [1.165, 1.54) is 0 Å². The Morgan fingerprint density at radius 2 is 2.04 bits per heavy atom. The third kappa shape index (κ3) is 3.52. The number of carbonyl (C=O) groups excluding carboxylic acids is 2. The van der Waals surface area contributed by atoms with Gasteiger partial charge in [-0.25, -0.2) is 9.18 Å². The molecule has 0 unspecified atom stereocenters. The van der Waals surface area contributed by atoms with Gasteiger partial charge >= 0.3 is 12.3 Å². The number of alkyl carbamates (subject to hydrolysis) is 1. The van der Waals surface area contributed by atoms with Crippen molar-refractivity contribution in [1.29, 1.82) is 0 Å². The van der Waals surface area contributed by atoms with E-state index in [0.717, 1.165) is 12.1 Å². The van der Waals surface area contributed by atoms with Crippen LogP contribution < -0.4 is 5.32 Å². The second kappa shape index (κ2) is 6.61. The van der Waals surface area contributed by atoms with Crippen LogP contribution >= 0.6 is 0 Å². The molecule has 1 aromatic rings. The molecule has 2 heterocycles. The van der Waals surface area contributed by atoms with Crippen LogP contribution in [-0.4, -0.2) is 48.2 Å². The van der Waals surface area contributed by atoms with E-state index in [2.05, 4.69) is 5.32 Å². The molecule has 1 saturated carbocycles. The molecular formula is C18H18F4N2O4. The predicted molar refractivity (Wildman–Crippen MR) is 86.5 cm³/mol. The van der Waals surface area contributed by atoms with E-state index in [1.807, 2.05) is 0 Å². The second-order valence-electron chi connectivity index (χ2n) is 7.57. The first kappa shape index (κ1) is 19.0. The summed E-state index contributed by atoms with van der Waals surface area (Å²) in [6.45, 7) is 0.827. The maximum atomic E-state index is 13.8. The normalized spacial score (nSPS) is 27.2. The number of hydrogen-bond donors (Lipinski definition) is 1. The quantitative estimate of drug-likeness (QED) is 0.786. The van der Waals surface area contributed by atoms with Crippen LogP contribution in [0.1, 0.15) is 24.0 Å². The first-order chi connectivity index (χ1) is 13.2. The van der Waals surface area contributed by atoms with E-state index in [4.69, 9.17) is 9.47 Å². The largest absolute Gasteiger partial charge is 0.447 e. The number of amides is 2. The highest BCUT2D eigenvalue weighted by Gasteiger charge is 2.54. The third-order valence-corrected chi connectivity index (χ3v) is 5.48. The van der Waals surface area contributed by atoms with Crippen LogP contribution in [0.4, 0.5) is 22.4 Å². The minimum Gasteiger partial charge on any atom is -0.447 e. The zero-order chi connectivity index (χ0) is 20.1. The summed E-state index contributed by atoms with van der Waals surface area (Å²) in [5, 5.41) is 2.73. The second-order valence-corrected chi connectivity index (χ2v) is 7.57. The highest BCUT2D eigenvalue weighted by atomic mass is 19.4. The summed E-state index contributed by atoms with van der Waals surface area (Å²) in [5.41, 5.74) is -1.43. The van der Waals surface area contributed by atoms with Gasteiger partial charge in [-0.1, -0.05) is 6.07 Å². The fraction of sp³-hybridized carbons (Fsp3) is 0.556. The molecule has 2 saturated heterocycles. The lowest BCUT2D eigenvalue weighted by atomic mass is 9.68. The number of benzene rings is 1. The Kier molecular flexibility index (Phi) is 4.48. The molecule has 0 atom stereocenters. The Hall–Kier alpha value is -2.36. The molecule has 0 radical (unpaired) electrons. The minimum absolute atomic E-state index is 0.0210. The Labute approximate surface area is 157 Å². The summed E-state index contributed by atoms with van der Waals surface area (Å²) in [6.07, 6.45) is -4.26. The Morgan fingerprint density at radius 1 is 1.32 bits per heavy atom. The molecule has 2 amide bonds. The van der Waals surface area contributed by atoms with Gasteiger partial charge in [-0.05, 0) is 25.0 Å². The molecule has 10 heteroatoms. The van der Waals surface area contributed by atoms with E-state index >= 15 is 0 Å². The lowest BCUT2D eigenvalue weighted by Crippen LogP contribution is -2.62. The predicted octanol–water partition coefficient (Wildman–Crippen LogP) is 2.46. The maximum Gasteiger partial charge on any atom is 0.416 e. The molecule has 2 aliphatic heterocycles. The Bertz CT molecular complexity index is 801. The smallest absolute Gasteiger partial charge is 0.416 e. The van der Waals surface area contributed by atoms with Gasteiger partial charge in [-0.2, -0.15) is 13.2 Å². The lowest BCUT2D eigenvalue weighted by Gasteiger charge is -2.47. The van der Waals surface area contributed by atoms with Gasteiger partial charge < -0.3 is 19.7 Å². The number of nitrogens with one attached hydrogen (secondary N) is 1. The molecule has 1 spiro atoms. The maximum absolute atomic E-state index is 13.8. The summed E-state index contributed by atoms with van der Waals surface area (Å²) < 4.78 is 61.8. The molecule has 152 valence electrons. The van der Waals surface area contributed by atoms with Crippen molar-refractivity contribution in [2.75, 3.05) is 19.7 Å². The van der Waals surface area contributed by atoms with Crippen LogP contribution in [0.2, 0.25) is 0 Å². The Balaban J connectivity index is 1.21. The molecule has 6 nitrogen and oxygen atoms in total. The van der Waals surface area contributed by atoms with Crippen LogP contribution in [0, 0.1) is 11.7 Å². The van der Waals surface area contributed by atoms with Gasteiger partial charge in [0.15, 0.2) is 0 Å². The number of ether oxygens (including phenoxy) is 2. The standard InChI is InChI=1S/C18H18F4N2O4/c19-14-3-12(18(20,21)22)2-1-10(14)8-27-13-6-24(7-13)15(25)11-4-17(5-11)9-28-16(26)23-17/h1-3,11,13H,4-9H2,(H,23,26)/t11-,17+. The van der Waals surface area contributed by atoms with E-state index in [9.17, 15) is 27.2 Å². The summed E-state index contributed by atoms with van der Waals surface area (Å²) in [7, 11) is 0. The summed E-state index contributed by atoms with van der Waals surface area (Å²) in [6, 6.07) is 2.33. The molecule has 0 aromatic heterocycles.